The van der Waals surface area contributed by atoms with Gasteiger partial charge in [-0.15, -0.1) is 0 Å². The lowest BCUT2D eigenvalue weighted by atomic mass is 9.95. The van der Waals surface area contributed by atoms with Gasteiger partial charge in [-0.1, -0.05) is 24.3 Å². The first-order chi connectivity index (χ1) is 12.5. The van der Waals surface area contributed by atoms with E-state index in [-0.39, 0.29) is 11.3 Å². The number of hydrazone groups is 1. The average Bonchev–Trinajstić information content (AvgIpc) is 2.99. The molecular weight excluding hydrogens is 441 g/mol. The highest BCUT2D eigenvalue weighted by molar-refractivity contribution is 14.1. The Morgan fingerprint density at radius 3 is 2.58 bits per heavy atom. The molecule has 2 atom stereocenters. The highest BCUT2D eigenvalue weighted by Gasteiger charge is 2.37. The first kappa shape index (κ1) is 17.9. The molecule has 0 aliphatic carbocycles. The number of hydrogen-bond acceptors (Lipinski definition) is 6. The van der Waals surface area contributed by atoms with Crippen molar-refractivity contribution in [2.75, 3.05) is 5.01 Å². The second kappa shape index (κ2) is 7.56. The Hall–Kier alpha value is -2.88. The third-order valence-electron chi connectivity index (χ3n) is 3.97. The van der Waals surface area contributed by atoms with E-state index in [2.05, 4.69) is 17.2 Å². The number of halogens is 1. The van der Waals surface area contributed by atoms with Crippen molar-refractivity contribution in [2.45, 2.75) is 6.17 Å². The number of allylic oxidation sites excluding steroid dienone is 1. The maximum Gasteiger partial charge on any atom is 0.128 e. The van der Waals surface area contributed by atoms with Crippen molar-refractivity contribution in [1.82, 2.24) is 0 Å². The standard InChI is InChI=1S/C19H14IN5O/c20-16-9-12(6-7-17(16)26)8-13(10-21)18-15(11-22)19(23)25(24-18)14-4-2-1-3-5-14/h1-9,15,19,26H,23H2/b13-8-/t15-,19+/m0/s1. The van der Waals surface area contributed by atoms with Crippen molar-refractivity contribution in [2.24, 2.45) is 16.8 Å². The first-order valence-corrected chi connectivity index (χ1v) is 8.81. The van der Waals surface area contributed by atoms with Crippen LogP contribution in [0.4, 0.5) is 5.69 Å². The van der Waals surface area contributed by atoms with Gasteiger partial charge in [0.2, 0.25) is 0 Å². The third-order valence-corrected chi connectivity index (χ3v) is 4.84. The van der Waals surface area contributed by atoms with E-state index in [0.29, 0.717) is 9.28 Å². The minimum Gasteiger partial charge on any atom is -0.507 e. The highest BCUT2D eigenvalue weighted by atomic mass is 127. The Morgan fingerprint density at radius 2 is 1.96 bits per heavy atom. The Balaban J connectivity index is 2.03. The Morgan fingerprint density at radius 1 is 1.23 bits per heavy atom. The SMILES string of the molecule is N#C/C(=C/c1ccc(O)c(I)c1)C1=NN(c2ccccc2)[C@@H](N)[C@H]1C#N. The summed E-state index contributed by atoms with van der Waals surface area (Å²) in [6.45, 7) is 0. The number of phenols is 1. The van der Waals surface area contributed by atoms with Crippen LogP contribution in [0.15, 0.2) is 59.2 Å². The van der Waals surface area contributed by atoms with Gasteiger partial charge in [-0.05, 0) is 58.5 Å². The molecule has 3 N–H and O–H groups in total. The van der Waals surface area contributed by atoms with Crippen LogP contribution < -0.4 is 10.7 Å². The minimum atomic E-state index is -0.725. The molecule has 0 amide bonds. The number of nitriles is 2. The summed E-state index contributed by atoms with van der Waals surface area (Å²) >= 11 is 2.01. The van der Waals surface area contributed by atoms with Crippen molar-refractivity contribution < 1.29 is 5.11 Å². The number of hydrogen-bond donors (Lipinski definition) is 2. The molecule has 6 nitrogen and oxygen atoms in total. The molecule has 3 rings (SSSR count). The van der Waals surface area contributed by atoms with E-state index in [4.69, 9.17) is 5.73 Å². The lowest BCUT2D eigenvalue weighted by Crippen LogP contribution is -2.40. The van der Waals surface area contributed by atoms with E-state index in [0.717, 1.165) is 11.3 Å². The molecule has 1 heterocycles. The van der Waals surface area contributed by atoms with Crippen LogP contribution >= 0.6 is 22.6 Å². The zero-order valence-corrected chi connectivity index (χ0v) is 15.7. The summed E-state index contributed by atoms with van der Waals surface area (Å²) < 4.78 is 0.668. The highest BCUT2D eigenvalue weighted by Crippen LogP contribution is 2.29. The third kappa shape index (κ3) is 3.40. The van der Waals surface area contributed by atoms with Crippen LogP contribution in [0.5, 0.6) is 5.75 Å². The van der Waals surface area contributed by atoms with Gasteiger partial charge in [-0.3, -0.25) is 0 Å². The van der Waals surface area contributed by atoms with E-state index in [1.165, 1.54) is 0 Å². The molecule has 2 aromatic carbocycles. The molecule has 0 fully saturated rings. The quantitative estimate of drug-likeness (QED) is 0.546. The summed E-state index contributed by atoms with van der Waals surface area (Å²) in [6.07, 6.45) is 0.973. The number of para-hydroxylation sites is 1. The van der Waals surface area contributed by atoms with Crippen LogP contribution in [-0.2, 0) is 0 Å². The largest absolute Gasteiger partial charge is 0.507 e. The lowest BCUT2D eigenvalue weighted by Gasteiger charge is -2.21. The van der Waals surface area contributed by atoms with Gasteiger partial charge in [-0.25, -0.2) is 5.01 Å². The Kier molecular flexibility index (Phi) is 5.21. The van der Waals surface area contributed by atoms with Gasteiger partial charge < -0.3 is 10.8 Å². The summed E-state index contributed by atoms with van der Waals surface area (Å²) in [5.74, 6) is -0.552. The van der Waals surface area contributed by atoms with Crippen LogP contribution in [0.1, 0.15) is 5.56 Å². The molecule has 26 heavy (non-hydrogen) atoms. The molecule has 1 aliphatic rings. The van der Waals surface area contributed by atoms with E-state index in [1.54, 1.807) is 29.3 Å². The molecule has 0 aromatic heterocycles. The van der Waals surface area contributed by atoms with E-state index in [1.807, 2.05) is 52.9 Å². The molecule has 0 spiro atoms. The van der Waals surface area contributed by atoms with Crippen LogP contribution in [-0.4, -0.2) is 17.0 Å². The van der Waals surface area contributed by atoms with Gasteiger partial charge in [0.1, 0.15) is 23.9 Å². The summed E-state index contributed by atoms with van der Waals surface area (Å²) in [7, 11) is 0. The van der Waals surface area contributed by atoms with Crippen molar-refractivity contribution in [3.8, 4) is 17.9 Å². The van der Waals surface area contributed by atoms with Crippen LogP contribution in [0, 0.1) is 32.2 Å². The predicted octanol–water partition coefficient (Wildman–Crippen LogP) is 3.20. The monoisotopic (exact) mass is 455 g/mol. The van der Waals surface area contributed by atoms with Crippen molar-refractivity contribution >= 4 is 40.1 Å². The maximum atomic E-state index is 9.64. The predicted molar refractivity (Wildman–Crippen MR) is 108 cm³/mol. The van der Waals surface area contributed by atoms with Gasteiger partial charge in [-0.2, -0.15) is 15.6 Å². The first-order valence-electron chi connectivity index (χ1n) is 7.74. The van der Waals surface area contributed by atoms with Gasteiger partial charge >= 0.3 is 0 Å². The van der Waals surface area contributed by atoms with E-state index >= 15 is 0 Å². The molecule has 2 aromatic rings. The fourth-order valence-corrected chi connectivity index (χ4v) is 3.20. The van der Waals surface area contributed by atoms with Gasteiger partial charge in [0.25, 0.3) is 0 Å². The summed E-state index contributed by atoms with van der Waals surface area (Å²) in [4.78, 5) is 0. The summed E-state index contributed by atoms with van der Waals surface area (Å²) in [5, 5.41) is 34.8. The van der Waals surface area contributed by atoms with Gasteiger partial charge in [0.15, 0.2) is 0 Å². The average molecular weight is 455 g/mol. The number of aromatic hydroxyl groups is 1. The molecule has 0 saturated heterocycles. The second-order valence-corrected chi connectivity index (χ2v) is 6.81. The number of phenolic OH excluding ortho intramolecular Hbond substituents is 1. The summed E-state index contributed by atoms with van der Waals surface area (Å²) in [5.41, 5.74) is 8.30. The number of nitrogens with zero attached hydrogens (tertiary/aromatic N) is 4. The van der Waals surface area contributed by atoms with Crippen LogP contribution in [0.3, 0.4) is 0 Å². The molecule has 1 aliphatic heterocycles. The van der Waals surface area contributed by atoms with Crippen molar-refractivity contribution in [3.63, 3.8) is 0 Å². The van der Waals surface area contributed by atoms with E-state index in [9.17, 15) is 15.6 Å². The summed E-state index contributed by atoms with van der Waals surface area (Å²) in [6, 6.07) is 18.6. The van der Waals surface area contributed by atoms with Crippen LogP contribution in [0.25, 0.3) is 6.08 Å². The fourth-order valence-electron chi connectivity index (χ4n) is 2.66. The fraction of sp³-hybridized carbons (Fsp3) is 0.105. The molecule has 0 saturated carbocycles. The van der Waals surface area contributed by atoms with Gasteiger partial charge in [0.05, 0.1) is 26.6 Å². The van der Waals surface area contributed by atoms with Crippen LogP contribution in [0.2, 0.25) is 0 Å². The topological polar surface area (TPSA) is 109 Å². The van der Waals surface area contributed by atoms with Gasteiger partial charge in [0, 0.05) is 0 Å². The van der Waals surface area contributed by atoms with Crippen molar-refractivity contribution in [1.29, 1.82) is 10.5 Å². The molecule has 7 heteroatoms. The number of rotatable bonds is 3. The zero-order chi connectivity index (χ0) is 18.7. The number of benzene rings is 2. The number of nitrogens with two attached hydrogens (primary N) is 1. The Bertz CT molecular complexity index is 972. The molecule has 128 valence electrons. The molecule has 0 radical (unpaired) electrons. The molecular formula is C19H14IN5O. The second-order valence-electron chi connectivity index (χ2n) is 5.64. The molecule has 0 unspecified atom stereocenters. The lowest BCUT2D eigenvalue weighted by molar-refractivity contribution is 0.471. The zero-order valence-electron chi connectivity index (χ0n) is 13.5. The normalized spacial score (nSPS) is 19.6. The van der Waals surface area contributed by atoms with E-state index < -0.39 is 12.1 Å². The smallest absolute Gasteiger partial charge is 0.128 e. The number of anilines is 1. The minimum absolute atomic E-state index is 0.173. The maximum absolute atomic E-state index is 9.64. The van der Waals surface area contributed by atoms with Crippen molar-refractivity contribution in [3.05, 3.63) is 63.2 Å². The Labute approximate surface area is 164 Å². The molecule has 0 bridgehead atoms.